The largest absolute Gasteiger partial charge is 0.405 e. The predicted octanol–water partition coefficient (Wildman–Crippen LogP) is 2.45. The summed E-state index contributed by atoms with van der Waals surface area (Å²) in [5.41, 5.74) is 6.33. The molecule has 0 rings (SSSR count). The fourth-order valence-corrected chi connectivity index (χ4v) is 0.796. The van der Waals surface area contributed by atoms with E-state index in [2.05, 4.69) is 20.4 Å². The minimum atomic E-state index is 0.726. The lowest BCUT2D eigenvalue weighted by Gasteiger charge is -2.06. The number of nitrogens with two attached hydrogens (primary N) is 1. The molecule has 1 unspecified atom stereocenters. The van der Waals surface area contributed by atoms with Gasteiger partial charge in [0.15, 0.2) is 0 Å². The summed E-state index contributed by atoms with van der Waals surface area (Å²) < 4.78 is 0. The highest BCUT2D eigenvalue weighted by Gasteiger charge is 1.97. The van der Waals surface area contributed by atoms with Crippen LogP contribution in [0.2, 0.25) is 0 Å². The summed E-state index contributed by atoms with van der Waals surface area (Å²) in [6, 6.07) is 0. The van der Waals surface area contributed by atoms with E-state index in [1.54, 1.807) is 6.20 Å². The van der Waals surface area contributed by atoms with Crippen LogP contribution < -0.4 is 5.73 Å². The van der Waals surface area contributed by atoms with Gasteiger partial charge < -0.3 is 5.73 Å². The molecule has 0 aromatic carbocycles. The Morgan fingerprint density at radius 1 is 1.70 bits per heavy atom. The normalized spacial score (nSPS) is 13.8. The summed E-state index contributed by atoms with van der Waals surface area (Å²) in [6.07, 6.45) is 5.68. The molecule has 1 atom stereocenters. The van der Waals surface area contributed by atoms with Gasteiger partial charge in [0.25, 0.3) is 0 Å². The average molecular weight is 139 g/mol. The highest BCUT2D eigenvalue weighted by molar-refractivity contribution is 5.13. The van der Waals surface area contributed by atoms with Crippen molar-refractivity contribution in [3.05, 3.63) is 24.4 Å². The van der Waals surface area contributed by atoms with E-state index in [1.165, 1.54) is 6.42 Å². The average Bonchev–Trinajstić information content (AvgIpc) is 1.88. The van der Waals surface area contributed by atoms with Crippen molar-refractivity contribution < 1.29 is 0 Å². The SMILES string of the molecule is C=C(/C=C/N)CC(C)CC. The number of allylic oxidation sites excluding steroid dienone is 2. The summed E-state index contributed by atoms with van der Waals surface area (Å²) in [6.45, 7) is 8.27. The van der Waals surface area contributed by atoms with Crippen molar-refractivity contribution in [2.75, 3.05) is 0 Å². The van der Waals surface area contributed by atoms with Crippen LogP contribution >= 0.6 is 0 Å². The van der Waals surface area contributed by atoms with Crippen LogP contribution in [0.4, 0.5) is 0 Å². The molecular formula is C9H17N. The first-order valence-corrected chi connectivity index (χ1v) is 3.76. The fourth-order valence-electron chi connectivity index (χ4n) is 0.796. The molecular weight excluding hydrogens is 122 g/mol. The molecule has 1 nitrogen and oxygen atoms in total. The summed E-state index contributed by atoms with van der Waals surface area (Å²) >= 11 is 0. The van der Waals surface area contributed by atoms with Crippen LogP contribution in [0.3, 0.4) is 0 Å². The van der Waals surface area contributed by atoms with Gasteiger partial charge >= 0.3 is 0 Å². The summed E-state index contributed by atoms with van der Waals surface area (Å²) in [4.78, 5) is 0. The van der Waals surface area contributed by atoms with Crippen molar-refractivity contribution >= 4 is 0 Å². The van der Waals surface area contributed by atoms with Gasteiger partial charge in [0.05, 0.1) is 0 Å². The van der Waals surface area contributed by atoms with Crippen LogP contribution in [-0.4, -0.2) is 0 Å². The van der Waals surface area contributed by atoms with Gasteiger partial charge in [-0.1, -0.05) is 32.4 Å². The quantitative estimate of drug-likeness (QED) is 0.595. The van der Waals surface area contributed by atoms with E-state index in [0.29, 0.717) is 0 Å². The molecule has 0 heterocycles. The highest BCUT2D eigenvalue weighted by Crippen LogP contribution is 2.12. The molecule has 0 aliphatic carbocycles. The molecule has 1 heteroatoms. The monoisotopic (exact) mass is 139 g/mol. The molecule has 0 saturated carbocycles. The molecule has 0 amide bonds. The molecule has 0 saturated heterocycles. The Labute approximate surface area is 63.6 Å². The minimum absolute atomic E-state index is 0.726. The van der Waals surface area contributed by atoms with Crippen LogP contribution in [0.5, 0.6) is 0 Å². The molecule has 0 aliphatic heterocycles. The number of hydrogen-bond acceptors (Lipinski definition) is 1. The molecule has 0 fully saturated rings. The summed E-state index contributed by atoms with van der Waals surface area (Å²) in [5, 5.41) is 0. The Balaban J connectivity index is 3.57. The van der Waals surface area contributed by atoms with Gasteiger partial charge in [-0.05, 0) is 24.6 Å². The van der Waals surface area contributed by atoms with Crippen molar-refractivity contribution in [2.45, 2.75) is 26.7 Å². The van der Waals surface area contributed by atoms with Crippen molar-refractivity contribution in [1.29, 1.82) is 0 Å². The topological polar surface area (TPSA) is 26.0 Å². The van der Waals surface area contributed by atoms with Crippen molar-refractivity contribution in [2.24, 2.45) is 11.7 Å². The third kappa shape index (κ3) is 4.19. The fraction of sp³-hybridized carbons (Fsp3) is 0.556. The maximum Gasteiger partial charge on any atom is -0.00598 e. The molecule has 58 valence electrons. The first kappa shape index (κ1) is 9.28. The Bertz CT molecular complexity index is 125. The maximum absolute atomic E-state index is 5.21. The highest BCUT2D eigenvalue weighted by atomic mass is 14.5. The second-order valence-electron chi connectivity index (χ2n) is 2.73. The molecule has 0 bridgehead atoms. The Morgan fingerprint density at radius 2 is 2.30 bits per heavy atom. The van der Waals surface area contributed by atoms with Crippen LogP contribution in [0.1, 0.15) is 26.7 Å². The van der Waals surface area contributed by atoms with Gasteiger partial charge in [0, 0.05) is 0 Å². The standard InChI is InChI=1S/C9H17N/c1-4-8(2)7-9(3)5-6-10/h5-6,8H,3-4,7,10H2,1-2H3/b6-5+. The molecule has 0 aliphatic rings. The second-order valence-corrected chi connectivity index (χ2v) is 2.73. The zero-order valence-corrected chi connectivity index (χ0v) is 6.93. The smallest absolute Gasteiger partial charge is 0.00598 e. The van der Waals surface area contributed by atoms with Crippen molar-refractivity contribution in [1.82, 2.24) is 0 Å². The number of hydrogen-bond donors (Lipinski definition) is 1. The van der Waals surface area contributed by atoms with Gasteiger partial charge in [-0.15, -0.1) is 0 Å². The third-order valence-corrected chi connectivity index (χ3v) is 1.64. The van der Waals surface area contributed by atoms with Crippen LogP contribution in [0.15, 0.2) is 24.4 Å². The van der Waals surface area contributed by atoms with E-state index < -0.39 is 0 Å². The van der Waals surface area contributed by atoms with Crippen LogP contribution in [0.25, 0.3) is 0 Å². The second kappa shape index (κ2) is 5.10. The first-order valence-electron chi connectivity index (χ1n) is 3.76. The predicted molar refractivity (Wildman–Crippen MR) is 46.5 cm³/mol. The Hall–Kier alpha value is -0.720. The zero-order valence-electron chi connectivity index (χ0n) is 6.93. The van der Waals surface area contributed by atoms with Gasteiger partial charge in [-0.25, -0.2) is 0 Å². The summed E-state index contributed by atoms with van der Waals surface area (Å²) in [5.74, 6) is 0.726. The lowest BCUT2D eigenvalue weighted by Crippen LogP contribution is -1.92. The van der Waals surface area contributed by atoms with E-state index in [-0.39, 0.29) is 0 Å². The third-order valence-electron chi connectivity index (χ3n) is 1.64. The Kier molecular flexibility index (Phi) is 4.73. The molecule has 0 aromatic rings. The van der Waals surface area contributed by atoms with E-state index in [0.717, 1.165) is 17.9 Å². The number of rotatable bonds is 4. The molecule has 10 heavy (non-hydrogen) atoms. The summed E-state index contributed by atoms with van der Waals surface area (Å²) in [7, 11) is 0. The van der Waals surface area contributed by atoms with Crippen LogP contribution in [0, 0.1) is 5.92 Å². The lowest BCUT2D eigenvalue weighted by molar-refractivity contribution is 0.563. The van der Waals surface area contributed by atoms with E-state index >= 15 is 0 Å². The van der Waals surface area contributed by atoms with Gasteiger partial charge in [0.1, 0.15) is 0 Å². The first-order chi connectivity index (χ1) is 4.70. The Morgan fingerprint density at radius 3 is 2.70 bits per heavy atom. The van der Waals surface area contributed by atoms with Gasteiger partial charge in [0.2, 0.25) is 0 Å². The lowest BCUT2D eigenvalue weighted by atomic mass is 10.00. The molecule has 0 aromatic heterocycles. The molecule has 0 spiro atoms. The molecule has 0 radical (unpaired) electrons. The van der Waals surface area contributed by atoms with E-state index in [4.69, 9.17) is 5.73 Å². The van der Waals surface area contributed by atoms with Gasteiger partial charge in [-0.2, -0.15) is 0 Å². The van der Waals surface area contributed by atoms with Gasteiger partial charge in [-0.3, -0.25) is 0 Å². The molecule has 2 N–H and O–H groups in total. The van der Waals surface area contributed by atoms with E-state index in [1.807, 2.05) is 6.08 Å². The van der Waals surface area contributed by atoms with E-state index in [9.17, 15) is 0 Å². The zero-order chi connectivity index (χ0) is 7.98. The van der Waals surface area contributed by atoms with Crippen molar-refractivity contribution in [3.63, 3.8) is 0 Å². The minimum Gasteiger partial charge on any atom is -0.405 e. The van der Waals surface area contributed by atoms with Crippen LogP contribution in [-0.2, 0) is 0 Å². The van der Waals surface area contributed by atoms with Crippen molar-refractivity contribution in [3.8, 4) is 0 Å². The maximum atomic E-state index is 5.21.